The van der Waals surface area contributed by atoms with Gasteiger partial charge in [-0.25, -0.2) is 13.1 Å². The summed E-state index contributed by atoms with van der Waals surface area (Å²) in [6.07, 6.45) is 1.65. The fourth-order valence-corrected chi connectivity index (χ4v) is 3.74. The third-order valence-corrected chi connectivity index (χ3v) is 5.33. The zero-order valence-electron chi connectivity index (χ0n) is 9.81. The van der Waals surface area contributed by atoms with Gasteiger partial charge >= 0.3 is 0 Å². The first-order chi connectivity index (χ1) is 8.02. The van der Waals surface area contributed by atoms with Gasteiger partial charge in [-0.15, -0.1) is 0 Å². The van der Waals surface area contributed by atoms with Crippen molar-refractivity contribution in [2.24, 2.45) is 0 Å². The molecule has 0 aromatic rings. The lowest BCUT2D eigenvalue weighted by Gasteiger charge is -2.26. The summed E-state index contributed by atoms with van der Waals surface area (Å²) in [6, 6.07) is 0. The van der Waals surface area contributed by atoms with E-state index in [1.165, 1.54) is 0 Å². The molecule has 0 amide bonds. The van der Waals surface area contributed by atoms with Gasteiger partial charge in [-0.2, -0.15) is 0 Å². The molecule has 2 rings (SSSR count). The van der Waals surface area contributed by atoms with Crippen LogP contribution in [0, 0.1) is 0 Å². The van der Waals surface area contributed by atoms with E-state index >= 15 is 0 Å². The molecule has 7 heteroatoms. The molecular weight excluding hydrogens is 244 g/mol. The molecule has 100 valence electrons. The highest BCUT2D eigenvalue weighted by Crippen LogP contribution is 2.17. The smallest absolute Gasteiger partial charge is 0.214 e. The van der Waals surface area contributed by atoms with Crippen molar-refractivity contribution >= 4 is 10.0 Å². The Morgan fingerprint density at radius 3 is 2.71 bits per heavy atom. The monoisotopic (exact) mass is 264 g/mol. The summed E-state index contributed by atoms with van der Waals surface area (Å²) < 4.78 is 31.7. The Morgan fingerprint density at radius 1 is 1.41 bits per heavy atom. The zero-order chi connectivity index (χ0) is 12.4. The maximum absolute atomic E-state index is 12.0. The molecule has 2 heterocycles. The average Bonchev–Trinajstić information content (AvgIpc) is 2.76. The van der Waals surface area contributed by atoms with E-state index in [1.54, 1.807) is 0 Å². The molecule has 17 heavy (non-hydrogen) atoms. The molecule has 0 aromatic heterocycles. The second-order valence-electron chi connectivity index (χ2n) is 4.83. The topological polar surface area (TPSA) is 87.7 Å². The summed E-state index contributed by atoms with van der Waals surface area (Å²) in [5.74, 6) is 0. The van der Waals surface area contributed by atoms with Crippen LogP contribution in [0.1, 0.15) is 19.3 Å². The Labute approximate surface area is 102 Å². The van der Waals surface area contributed by atoms with Gasteiger partial charge in [0.1, 0.15) is 0 Å². The van der Waals surface area contributed by atoms with Crippen LogP contribution in [0.15, 0.2) is 0 Å². The molecule has 2 saturated heterocycles. The van der Waals surface area contributed by atoms with Gasteiger partial charge in [-0.3, -0.25) is 0 Å². The minimum absolute atomic E-state index is 0.0969. The van der Waals surface area contributed by atoms with Crippen LogP contribution >= 0.6 is 0 Å². The van der Waals surface area contributed by atoms with Gasteiger partial charge in [-0.05, 0) is 25.8 Å². The molecule has 2 aliphatic heterocycles. The van der Waals surface area contributed by atoms with Crippen LogP contribution in [-0.2, 0) is 14.8 Å². The van der Waals surface area contributed by atoms with Gasteiger partial charge in [0.2, 0.25) is 10.0 Å². The van der Waals surface area contributed by atoms with E-state index < -0.39 is 15.6 Å². The van der Waals surface area contributed by atoms with Crippen molar-refractivity contribution in [2.45, 2.75) is 30.1 Å². The van der Waals surface area contributed by atoms with Crippen molar-refractivity contribution in [3.8, 4) is 0 Å². The second-order valence-corrected chi connectivity index (χ2v) is 6.87. The van der Waals surface area contributed by atoms with E-state index in [2.05, 4.69) is 10.0 Å². The summed E-state index contributed by atoms with van der Waals surface area (Å²) in [4.78, 5) is 0. The SMILES string of the molecule is O=S(=O)(NCC1(O)CCNC1)C1CCOCC1. The number of nitrogens with one attached hydrogen (secondary N) is 2. The van der Waals surface area contributed by atoms with E-state index in [1.807, 2.05) is 0 Å². The molecular formula is C10H20N2O4S. The molecule has 0 bridgehead atoms. The van der Waals surface area contributed by atoms with E-state index in [0.29, 0.717) is 39.0 Å². The molecule has 6 nitrogen and oxygen atoms in total. The van der Waals surface area contributed by atoms with Crippen molar-refractivity contribution in [2.75, 3.05) is 32.8 Å². The van der Waals surface area contributed by atoms with Crippen LogP contribution in [0.5, 0.6) is 0 Å². The number of hydrogen-bond acceptors (Lipinski definition) is 5. The van der Waals surface area contributed by atoms with Gasteiger partial charge in [0.05, 0.1) is 10.9 Å². The maximum Gasteiger partial charge on any atom is 0.214 e. The Hall–Kier alpha value is -0.210. The Kier molecular flexibility index (Phi) is 4.04. The van der Waals surface area contributed by atoms with Gasteiger partial charge in [-0.1, -0.05) is 0 Å². The number of aliphatic hydroxyl groups is 1. The van der Waals surface area contributed by atoms with Crippen LogP contribution in [0.4, 0.5) is 0 Å². The number of β-amino-alcohol motifs (C(OH)–C–C–N with tert-alkyl or cyclic N) is 1. The molecule has 0 aliphatic carbocycles. The Balaban J connectivity index is 1.88. The number of ether oxygens (including phenoxy) is 1. The van der Waals surface area contributed by atoms with Gasteiger partial charge in [0, 0.05) is 26.3 Å². The predicted molar refractivity (Wildman–Crippen MR) is 63.2 cm³/mol. The molecule has 0 aromatic carbocycles. The molecule has 0 radical (unpaired) electrons. The first-order valence-electron chi connectivity index (χ1n) is 6.01. The van der Waals surface area contributed by atoms with Crippen molar-refractivity contribution in [3.63, 3.8) is 0 Å². The third-order valence-electron chi connectivity index (χ3n) is 3.43. The van der Waals surface area contributed by atoms with E-state index in [4.69, 9.17) is 4.74 Å². The predicted octanol–water partition coefficient (Wildman–Crippen LogP) is -1.19. The highest BCUT2D eigenvalue weighted by atomic mass is 32.2. The zero-order valence-corrected chi connectivity index (χ0v) is 10.6. The van der Waals surface area contributed by atoms with Crippen LogP contribution in [0.25, 0.3) is 0 Å². The minimum atomic E-state index is -3.33. The normalized spacial score (nSPS) is 31.8. The summed E-state index contributed by atoms with van der Waals surface area (Å²) >= 11 is 0. The minimum Gasteiger partial charge on any atom is -0.387 e. The first kappa shape index (κ1) is 13.2. The third kappa shape index (κ3) is 3.38. The average molecular weight is 264 g/mol. The highest BCUT2D eigenvalue weighted by Gasteiger charge is 2.34. The molecule has 2 aliphatic rings. The van der Waals surface area contributed by atoms with Crippen LogP contribution < -0.4 is 10.0 Å². The van der Waals surface area contributed by atoms with Gasteiger partial charge in [0.15, 0.2) is 0 Å². The lowest BCUT2D eigenvalue weighted by atomic mass is 10.1. The summed E-state index contributed by atoms with van der Waals surface area (Å²) in [5, 5.41) is 12.7. The fraction of sp³-hybridized carbons (Fsp3) is 1.00. The first-order valence-corrected chi connectivity index (χ1v) is 7.56. The van der Waals surface area contributed by atoms with Crippen molar-refractivity contribution in [3.05, 3.63) is 0 Å². The van der Waals surface area contributed by atoms with E-state index in [9.17, 15) is 13.5 Å². The van der Waals surface area contributed by atoms with E-state index in [0.717, 1.165) is 6.54 Å². The summed E-state index contributed by atoms with van der Waals surface area (Å²) in [5.41, 5.74) is -0.932. The Bertz CT molecular complexity index is 345. The molecule has 2 fully saturated rings. The molecule has 3 N–H and O–H groups in total. The highest BCUT2D eigenvalue weighted by molar-refractivity contribution is 7.90. The lowest BCUT2D eigenvalue weighted by Crippen LogP contribution is -2.47. The fourth-order valence-electron chi connectivity index (χ4n) is 2.22. The Morgan fingerprint density at radius 2 is 2.12 bits per heavy atom. The number of hydrogen-bond donors (Lipinski definition) is 3. The van der Waals surface area contributed by atoms with Crippen LogP contribution in [0.2, 0.25) is 0 Å². The van der Waals surface area contributed by atoms with Crippen LogP contribution in [-0.4, -0.2) is 57.2 Å². The van der Waals surface area contributed by atoms with Gasteiger partial charge < -0.3 is 15.2 Å². The lowest BCUT2D eigenvalue weighted by molar-refractivity contribution is 0.0662. The molecule has 0 spiro atoms. The second kappa shape index (κ2) is 5.19. The van der Waals surface area contributed by atoms with Crippen molar-refractivity contribution in [1.82, 2.24) is 10.0 Å². The summed E-state index contributed by atoms with van der Waals surface area (Å²) in [7, 11) is -3.33. The van der Waals surface area contributed by atoms with Crippen molar-refractivity contribution < 1.29 is 18.3 Å². The van der Waals surface area contributed by atoms with E-state index in [-0.39, 0.29) is 11.8 Å². The van der Waals surface area contributed by atoms with Crippen molar-refractivity contribution in [1.29, 1.82) is 0 Å². The number of rotatable bonds is 4. The quantitative estimate of drug-likeness (QED) is 0.594. The molecule has 0 saturated carbocycles. The molecule has 1 unspecified atom stereocenters. The summed E-state index contributed by atoms with van der Waals surface area (Å²) in [6.45, 7) is 2.27. The standard InChI is InChI=1S/C10H20N2O4S/c13-10(3-4-11-7-10)8-12-17(14,15)9-1-5-16-6-2-9/h9,11-13H,1-8H2. The maximum atomic E-state index is 12.0. The van der Waals surface area contributed by atoms with Crippen LogP contribution in [0.3, 0.4) is 0 Å². The largest absolute Gasteiger partial charge is 0.387 e. The van der Waals surface area contributed by atoms with Gasteiger partial charge in [0.25, 0.3) is 0 Å². The number of sulfonamides is 1. The molecule has 1 atom stereocenters.